The van der Waals surface area contributed by atoms with E-state index in [1.807, 2.05) is 0 Å². The summed E-state index contributed by atoms with van der Waals surface area (Å²) in [5.41, 5.74) is 0. The minimum absolute atomic E-state index is 0. The lowest BCUT2D eigenvalue weighted by atomic mass is 10.5. The van der Waals surface area contributed by atoms with Gasteiger partial charge in [0.15, 0.2) is 0 Å². The standard InChI is InChI=1S/C6F10O.FH/c7-1(5(11,12)13)3(9)17-4(10)2(8)6(14,15)16;/h;1H. The Bertz CT molecular complexity index is 312. The number of hydrogen-bond acceptors (Lipinski definition) is 1. The molecule has 0 spiro atoms. The van der Waals surface area contributed by atoms with Crippen LogP contribution in [0.15, 0.2) is 23.7 Å². The van der Waals surface area contributed by atoms with Crippen LogP contribution in [0.2, 0.25) is 0 Å². The number of hydrogen-bond donors (Lipinski definition) is 0. The van der Waals surface area contributed by atoms with Crippen molar-refractivity contribution in [2.75, 3.05) is 0 Å². The lowest BCUT2D eigenvalue weighted by Gasteiger charge is -2.07. The van der Waals surface area contributed by atoms with E-state index in [-0.39, 0.29) is 4.70 Å². The average molecular weight is 298 g/mol. The molecule has 0 aromatic heterocycles. The summed E-state index contributed by atoms with van der Waals surface area (Å²) in [4.78, 5) is 0. The van der Waals surface area contributed by atoms with Crippen molar-refractivity contribution in [3.05, 3.63) is 23.7 Å². The fourth-order valence-electron chi connectivity index (χ4n) is 0.391. The summed E-state index contributed by atoms with van der Waals surface area (Å²) in [6, 6.07) is -6.76. The molecule has 0 bridgehead atoms. The van der Waals surface area contributed by atoms with Crippen LogP contribution < -0.4 is 0 Å². The van der Waals surface area contributed by atoms with Crippen LogP contribution in [0.1, 0.15) is 0 Å². The Kier molecular flexibility index (Phi) is 6.19. The molecule has 1 nitrogen and oxygen atoms in total. The highest BCUT2D eigenvalue weighted by atomic mass is 19.4. The van der Waals surface area contributed by atoms with Crippen molar-refractivity contribution in [1.29, 1.82) is 0 Å². The van der Waals surface area contributed by atoms with Crippen molar-refractivity contribution in [3.63, 3.8) is 0 Å². The van der Waals surface area contributed by atoms with E-state index >= 15 is 0 Å². The van der Waals surface area contributed by atoms with Crippen LogP contribution in [0.5, 0.6) is 0 Å². The van der Waals surface area contributed by atoms with Gasteiger partial charge in [-0.2, -0.15) is 43.9 Å². The van der Waals surface area contributed by atoms with Gasteiger partial charge in [-0.05, 0) is 0 Å². The minimum atomic E-state index is -5.95. The van der Waals surface area contributed by atoms with Gasteiger partial charge in [0.25, 0.3) is 11.7 Å². The number of allylic oxidation sites excluding steroid dienone is 2. The van der Waals surface area contributed by atoms with Gasteiger partial charge in [0.05, 0.1) is 0 Å². The summed E-state index contributed by atoms with van der Waals surface area (Å²) < 4.78 is 119. The van der Waals surface area contributed by atoms with Crippen molar-refractivity contribution in [1.82, 2.24) is 0 Å². The zero-order valence-electron chi connectivity index (χ0n) is 7.60. The lowest BCUT2D eigenvalue weighted by molar-refractivity contribution is -0.121. The molecule has 0 atom stereocenters. The predicted molar refractivity (Wildman–Crippen MR) is 34.2 cm³/mol. The third kappa shape index (κ3) is 5.23. The van der Waals surface area contributed by atoms with E-state index in [9.17, 15) is 43.9 Å². The summed E-state index contributed by atoms with van der Waals surface area (Å²) >= 11 is 0. The van der Waals surface area contributed by atoms with Gasteiger partial charge >= 0.3 is 24.4 Å². The maximum Gasteiger partial charge on any atom is 0.449 e. The van der Waals surface area contributed by atoms with Gasteiger partial charge < -0.3 is 4.74 Å². The normalized spacial score (nSPS) is 15.4. The summed E-state index contributed by atoms with van der Waals surface area (Å²) in [5.74, 6) is -7.27. The smallest absolute Gasteiger partial charge is 0.400 e. The molecule has 18 heavy (non-hydrogen) atoms. The summed E-state index contributed by atoms with van der Waals surface area (Å²) in [7, 11) is 0. The van der Waals surface area contributed by atoms with Crippen LogP contribution in [0.3, 0.4) is 0 Å². The maximum atomic E-state index is 12.0. The van der Waals surface area contributed by atoms with Crippen LogP contribution in [-0.4, -0.2) is 12.4 Å². The molecule has 0 rings (SSSR count). The van der Waals surface area contributed by atoms with Gasteiger partial charge in [-0.1, -0.05) is 0 Å². The van der Waals surface area contributed by atoms with Gasteiger partial charge in [-0.15, -0.1) is 0 Å². The second-order valence-corrected chi connectivity index (χ2v) is 2.27. The number of rotatable bonds is 2. The molecule has 0 saturated carbocycles. The number of halogens is 11. The van der Waals surface area contributed by atoms with Gasteiger partial charge in [0.1, 0.15) is 0 Å². The molecule has 0 fully saturated rings. The number of ether oxygens (including phenoxy) is 1. The zero-order chi connectivity index (χ0) is 14.0. The fraction of sp³-hybridized carbons (Fsp3) is 0.333. The van der Waals surface area contributed by atoms with E-state index in [1.165, 1.54) is 0 Å². The summed E-state index contributed by atoms with van der Waals surface area (Å²) in [5, 5.41) is 0. The first-order valence-electron chi connectivity index (χ1n) is 3.30. The van der Waals surface area contributed by atoms with E-state index in [2.05, 4.69) is 4.74 Å². The Balaban J connectivity index is 0. The van der Waals surface area contributed by atoms with Crippen molar-refractivity contribution in [3.8, 4) is 0 Å². The minimum Gasteiger partial charge on any atom is -0.400 e. The fourth-order valence-corrected chi connectivity index (χ4v) is 0.391. The van der Waals surface area contributed by atoms with E-state index in [4.69, 9.17) is 0 Å². The SMILES string of the molecule is F.FC(OC(F)=C(F)C(F)(F)F)=C(F)C(F)(F)F. The van der Waals surface area contributed by atoms with Gasteiger partial charge in [0.2, 0.25) is 0 Å². The predicted octanol–water partition coefficient (Wildman–Crippen LogP) is 4.50. The van der Waals surface area contributed by atoms with Gasteiger partial charge in [-0.3, -0.25) is 4.70 Å². The second kappa shape index (κ2) is 5.91. The Hall–Kier alpha value is -1.49. The molecule has 0 aliphatic rings. The third-order valence-corrected chi connectivity index (χ3v) is 1.02. The quantitative estimate of drug-likeness (QED) is 0.539. The van der Waals surface area contributed by atoms with Gasteiger partial charge in [0, 0.05) is 0 Å². The van der Waals surface area contributed by atoms with Crippen LogP contribution in [0.4, 0.5) is 48.6 Å². The Morgan fingerprint density at radius 1 is 0.611 bits per heavy atom. The molecule has 0 saturated heterocycles. The summed E-state index contributed by atoms with van der Waals surface area (Å²) in [6.45, 7) is 0. The molecule has 0 N–H and O–H groups in total. The van der Waals surface area contributed by atoms with Crippen molar-refractivity contribution >= 4 is 0 Å². The first kappa shape index (κ1) is 18.9. The highest BCUT2D eigenvalue weighted by Gasteiger charge is 2.42. The molecule has 12 heteroatoms. The van der Waals surface area contributed by atoms with Gasteiger partial charge in [-0.25, -0.2) is 0 Å². The third-order valence-electron chi connectivity index (χ3n) is 1.02. The van der Waals surface area contributed by atoms with E-state index < -0.39 is 36.0 Å². The molecular formula is C6HF11O. The van der Waals surface area contributed by atoms with Crippen molar-refractivity contribution in [2.24, 2.45) is 0 Å². The van der Waals surface area contributed by atoms with Crippen LogP contribution in [-0.2, 0) is 4.74 Å². The first-order chi connectivity index (χ1) is 7.37. The Labute approximate surface area is 90.7 Å². The van der Waals surface area contributed by atoms with Crippen LogP contribution in [0.25, 0.3) is 0 Å². The summed E-state index contributed by atoms with van der Waals surface area (Å²) in [6.07, 6.45) is -11.9. The molecular weight excluding hydrogens is 297 g/mol. The topological polar surface area (TPSA) is 9.23 Å². The van der Waals surface area contributed by atoms with E-state index in [1.54, 1.807) is 0 Å². The molecule has 0 heterocycles. The second-order valence-electron chi connectivity index (χ2n) is 2.27. The van der Waals surface area contributed by atoms with E-state index in [0.717, 1.165) is 0 Å². The molecule has 0 aromatic carbocycles. The monoisotopic (exact) mass is 298 g/mol. The Morgan fingerprint density at radius 3 is 1.00 bits per heavy atom. The Morgan fingerprint density at radius 2 is 0.833 bits per heavy atom. The van der Waals surface area contributed by atoms with E-state index in [0.29, 0.717) is 0 Å². The largest absolute Gasteiger partial charge is 0.449 e. The highest BCUT2D eigenvalue weighted by molar-refractivity contribution is 5.06. The lowest BCUT2D eigenvalue weighted by Crippen LogP contribution is -2.13. The van der Waals surface area contributed by atoms with Crippen molar-refractivity contribution < 1.29 is 53.3 Å². The molecule has 0 aromatic rings. The van der Waals surface area contributed by atoms with Crippen molar-refractivity contribution in [2.45, 2.75) is 12.4 Å². The number of alkyl halides is 6. The molecule has 0 aliphatic carbocycles. The first-order valence-corrected chi connectivity index (χ1v) is 3.30. The zero-order valence-corrected chi connectivity index (χ0v) is 7.60. The molecule has 0 radical (unpaired) electrons. The highest BCUT2D eigenvalue weighted by Crippen LogP contribution is 2.34. The average Bonchev–Trinajstić information content (AvgIpc) is 2.12. The van der Waals surface area contributed by atoms with Crippen LogP contribution >= 0.6 is 0 Å². The molecule has 0 unspecified atom stereocenters. The maximum absolute atomic E-state index is 12.0. The van der Waals surface area contributed by atoms with Crippen LogP contribution in [0, 0.1) is 0 Å². The molecule has 108 valence electrons. The molecule has 0 aliphatic heterocycles. The molecule has 0 amide bonds.